The van der Waals surface area contributed by atoms with Crippen LogP contribution in [-0.2, 0) is 6.42 Å². The summed E-state index contributed by atoms with van der Waals surface area (Å²) in [5.74, 6) is 0.937. The van der Waals surface area contributed by atoms with Crippen LogP contribution < -0.4 is 10.6 Å². The minimum Gasteiger partial charge on any atom is -0.388 e. The molecular formula is C17H22N4O3. The molecule has 1 saturated carbocycles. The van der Waals surface area contributed by atoms with Crippen LogP contribution in [0.25, 0.3) is 0 Å². The van der Waals surface area contributed by atoms with E-state index in [9.17, 15) is 9.90 Å². The van der Waals surface area contributed by atoms with E-state index < -0.39 is 11.6 Å². The van der Waals surface area contributed by atoms with Gasteiger partial charge in [-0.15, -0.1) is 0 Å². The van der Waals surface area contributed by atoms with Crippen LogP contribution in [0.1, 0.15) is 49.5 Å². The van der Waals surface area contributed by atoms with E-state index in [4.69, 9.17) is 4.52 Å². The third kappa shape index (κ3) is 4.11. The number of carbonyl (C=O) groups excluding carboxylic acids is 1. The van der Waals surface area contributed by atoms with Crippen LogP contribution >= 0.6 is 0 Å². The van der Waals surface area contributed by atoms with Crippen molar-refractivity contribution in [1.82, 2.24) is 20.8 Å². The van der Waals surface area contributed by atoms with Gasteiger partial charge in [-0.2, -0.15) is 4.98 Å². The lowest BCUT2D eigenvalue weighted by molar-refractivity contribution is -0.0290. The second kappa shape index (κ2) is 7.00. The lowest BCUT2D eigenvalue weighted by atomic mass is 9.80. The summed E-state index contributed by atoms with van der Waals surface area (Å²) < 4.78 is 5.22. The molecule has 1 unspecified atom stereocenters. The zero-order chi connectivity index (χ0) is 17.0. The number of aromatic nitrogens is 2. The van der Waals surface area contributed by atoms with Crippen molar-refractivity contribution in [2.24, 2.45) is 0 Å². The summed E-state index contributed by atoms with van der Waals surface area (Å²) in [4.78, 5) is 16.2. The summed E-state index contributed by atoms with van der Waals surface area (Å²) in [5, 5.41) is 19.3. The predicted molar refractivity (Wildman–Crippen MR) is 87.3 cm³/mol. The molecule has 0 radical (unpaired) electrons. The van der Waals surface area contributed by atoms with Gasteiger partial charge in [-0.3, -0.25) is 0 Å². The van der Waals surface area contributed by atoms with Crippen molar-refractivity contribution in [3.63, 3.8) is 0 Å². The zero-order valence-corrected chi connectivity index (χ0v) is 13.7. The highest BCUT2D eigenvalue weighted by Gasteiger charge is 2.34. The number of nitrogens with zero attached hydrogens (tertiary/aromatic N) is 2. The van der Waals surface area contributed by atoms with E-state index in [0.717, 1.165) is 24.8 Å². The van der Waals surface area contributed by atoms with Crippen molar-refractivity contribution in [2.45, 2.75) is 44.2 Å². The van der Waals surface area contributed by atoms with Gasteiger partial charge in [-0.25, -0.2) is 4.79 Å². The van der Waals surface area contributed by atoms with Gasteiger partial charge in [0.05, 0.1) is 5.60 Å². The molecule has 0 bridgehead atoms. The molecule has 1 aromatic heterocycles. The van der Waals surface area contributed by atoms with Crippen molar-refractivity contribution < 1.29 is 14.4 Å². The van der Waals surface area contributed by atoms with Gasteiger partial charge in [-0.05, 0) is 31.7 Å². The molecule has 2 aromatic rings. The molecule has 128 valence electrons. The molecular weight excluding hydrogens is 308 g/mol. The molecule has 24 heavy (non-hydrogen) atoms. The quantitative estimate of drug-likeness (QED) is 0.751. The van der Waals surface area contributed by atoms with Crippen LogP contribution in [0.3, 0.4) is 0 Å². The van der Waals surface area contributed by atoms with E-state index >= 15 is 0 Å². The Morgan fingerprint density at radius 1 is 1.38 bits per heavy atom. The predicted octanol–water partition coefficient (Wildman–Crippen LogP) is 1.94. The molecule has 1 aromatic carbocycles. The molecule has 2 amide bonds. The van der Waals surface area contributed by atoms with Crippen LogP contribution in [0.2, 0.25) is 0 Å². The standard InChI is InChI=1S/C17H22N4O3/c1-12(19-16(22)18-11-17(23)8-5-9-17)15-20-14(21-24-15)10-13-6-3-2-4-7-13/h2-4,6-7,12,23H,5,8-11H2,1H3,(H2,18,19,22). The molecule has 1 aliphatic rings. The number of hydrogen-bond acceptors (Lipinski definition) is 5. The van der Waals surface area contributed by atoms with E-state index in [2.05, 4.69) is 20.8 Å². The number of rotatable bonds is 6. The number of amides is 2. The molecule has 0 spiro atoms. The van der Waals surface area contributed by atoms with E-state index in [0.29, 0.717) is 18.1 Å². The smallest absolute Gasteiger partial charge is 0.315 e. The molecule has 3 N–H and O–H groups in total. The second-order valence-corrected chi connectivity index (χ2v) is 6.34. The first-order valence-electron chi connectivity index (χ1n) is 8.17. The fraction of sp³-hybridized carbons (Fsp3) is 0.471. The number of nitrogens with one attached hydrogen (secondary N) is 2. The van der Waals surface area contributed by atoms with Crippen molar-refractivity contribution in [1.29, 1.82) is 0 Å². The van der Waals surface area contributed by atoms with Crippen molar-refractivity contribution in [2.75, 3.05) is 6.54 Å². The maximum absolute atomic E-state index is 11.9. The van der Waals surface area contributed by atoms with Crippen LogP contribution in [0.15, 0.2) is 34.9 Å². The summed E-state index contributed by atoms with van der Waals surface area (Å²) >= 11 is 0. The van der Waals surface area contributed by atoms with Gasteiger partial charge in [0.2, 0.25) is 5.89 Å². The fourth-order valence-corrected chi connectivity index (χ4v) is 2.61. The number of carbonyl (C=O) groups is 1. The van der Waals surface area contributed by atoms with Crippen LogP contribution in [0, 0.1) is 0 Å². The van der Waals surface area contributed by atoms with Gasteiger partial charge in [0.15, 0.2) is 5.82 Å². The minimum absolute atomic E-state index is 0.259. The van der Waals surface area contributed by atoms with Crippen molar-refractivity contribution >= 4 is 6.03 Å². The second-order valence-electron chi connectivity index (χ2n) is 6.34. The van der Waals surface area contributed by atoms with Crippen LogP contribution in [0.5, 0.6) is 0 Å². The minimum atomic E-state index is -0.742. The van der Waals surface area contributed by atoms with E-state index in [1.807, 2.05) is 30.3 Å². The zero-order valence-electron chi connectivity index (χ0n) is 13.7. The number of urea groups is 1. The Kier molecular flexibility index (Phi) is 4.80. The summed E-state index contributed by atoms with van der Waals surface area (Å²) in [7, 11) is 0. The molecule has 1 heterocycles. The first kappa shape index (κ1) is 16.4. The highest BCUT2D eigenvalue weighted by atomic mass is 16.5. The van der Waals surface area contributed by atoms with Crippen LogP contribution in [0.4, 0.5) is 4.79 Å². The summed E-state index contributed by atoms with van der Waals surface area (Å²) in [5.41, 5.74) is 0.352. The van der Waals surface area contributed by atoms with E-state index in [-0.39, 0.29) is 12.6 Å². The Morgan fingerprint density at radius 3 is 2.79 bits per heavy atom. The lowest BCUT2D eigenvalue weighted by Gasteiger charge is -2.36. The third-order valence-corrected chi connectivity index (χ3v) is 4.27. The monoisotopic (exact) mass is 330 g/mol. The molecule has 3 rings (SSSR count). The first-order chi connectivity index (χ1) is 11.5. The number of hydrogen-bond donors (Lipinski definition) is 3. The van der Waals surface area contributed by atoms with Crippen molar-refractivity contribution in [3.05, 3.63) is 47.6 Å². The molecule has 1 aliphatic carbocycles. The Morgan fingerprint density at radius 2 is 2.12 bits per heavy atom. The van der Waals surface area contributed by atoms with E-state index in [1.54, 1.807) is 6.92 Å². The first-order valence-corrected chi connectivity index (χ1v) is 8.17. The molecule has 1 atom stereocenters. The highest BCUT2D eigenvalue weighted by molar-refractivity contribution is 5.74. The normalized spacial score (nSPS) is 16.9. The van der Waals surface area contributed by atoms with Gasteiger partial charge in [-0.1, -0.05) is 35.5 Å². The lowest BCUT2D eigenvalue weighted by Crippen LogP contribution is -2.50. The Hall–Kier alpha value is -2.41. The largest absolute Gasteiger partial charge is 0.388 e. The van der Waals surface area contributed by atoms with Gasteiger partial charge >= 0.3 is 6.03 Å². The third-order valence-electron chi connectivity index (χ3n) is 4.27. The topological polar surface area (TPSA) is 100 Å². The number of benzene rings is 1. The van der Waals surface area contributed by atoms with Crippen molar-refractivity contribution in [3.8, 4) is 0 Å². The summed E-state index contributed by atoms with van der Waals surface area (Å²) in [6.07, 6.45) is 3.04. The average Bonchev–Trinajstić information content (AvgIpc) is 3.01. The summed E-state index contributed by atoms with van der Waals surface area (Å²) in [6, 6.07) is 9.10. The average molecular weight is 330 g/mol. The van der Waals surface area contributed by atoms with Crippen LogP contribution in [-0.4, -0.2) is 33.4 Å². The SMILES string of the molecule is CC(NC(=O)NCC1(O)CCC1)c1nc(Cc2ccccc2)no1. The molecule has 1 fully saturated rings. The fourth-order valence-electron chi connectivity index (χ4n) is 2.61. The molecule has 7 nitrogen and oxygen atoms in total. The maximum atomic E-state index is 11.9. The van der Waals surface area contributed by atoms with Gasteiger partial charge in [0.1, 0.15) is 6.04 Å². The molecule has 0 aliphatic heterocycles. The Balaban J connectivity index is 1.49. The maximum Gasteiger partial charge on any atom is 0.315 e. The molecule has 7 heteroatoms. The van der Waals surface area contributed by atoms with Gasteiger partial charge in [0, 0.05) is 13.0 Å². The van der Waals surface area contributed by atoms with Gasteiger partial charge in [0.25, 0.3) is 0 Å². The summed E-state index contributed by atoms with van der Waals surface area (Å²) in [6.45, 7) is 2.03. The molecule has 0 saturated heterocycles. The Labute approximate surface area is 140 Å². The highest BCUT2D eigenvalue weighted by Crippen LogP contribution is 2.30. The Bertz CT molecular complexity index is 682. The number of aliphatic hydroxyl groups is 1. The van der Waals surface area contributed by atoms with Gasteiger partial charge < -0.3 is 20.3 Å². The van der Waals surface area contributed by atoms with E-state index in [1.165, 1.54) is 0 Å².